The van der Waals surface area contributed by atoms with Gasteiger partial charge in [-0.2, -0.15) is 11.8 Å². The molecular weight excluding hydrogens is 332 g/mol. The lowest BCUT2D eigenvalue weighted by atomic mass is 10.0. The SMILES string of the molecule is COC(=O)CC(=O)CSCCCCCCc1ccc2ccccc2c1. The van der Waals surface area contributed by atoms with Crippen molar-refractivity contribution < 1.29 is 14.3 Å². The van der Waals surface area contributed by atoms with Crippen molar-refractivity contribution in [1.29, 1.82) is 0 Å². The topological polar surface area (TPSA) is 43.4 Å². The molecule has 0 unspecified atom stereocenters. The summed E-state index contributed by atoms with van der Waals surface area (Å²) in [7, 11) is 1.31. The molecule has 0 amide bonds. The fourth-order valence-corrected chi connectivity index (χ4v) is 3.63. The van der Waals surface area contributed by atoms with E-state index in [1.807, 2.05) is 0 Å². The summed E-state index contributed by atoms with van der Waals surface area (Å²) in [4.78, 5) is 22.4. The van der Waals surface area contributed by atoms with Crippen LogP contribution < -0.4 is 0 Å². The molecule has 0 spiro atoms. The van der Waals surface area contributed by atoms with Crippen molar-refractivity contribution in [1.82, 2.24) is 0 Å². The van der Waals surface area contributed by atoms with Crippen molar-refractivity contribution in [2.45, 2.75) is 38.5 Å². The molecule has 0 N–H and O–H groups in total. The van der Waals surface area contributed by atoms with Gasteiger partial charge in [-0.25, -0.2) is 0 Å². The predicted molar refractivity (Wildman–Crippen MR) is 105 cm³/mol. The highest BCUT2D eigenvalue weighted by atomic mass is 32.2. The normalized spacial score (nSPS) is 10.8. The molecular formula is C21H26O3S. The second-order valence-corrected chi connectivity index (χ2v) is 7.30. The minimum Gasteiger partial charge on any atom is -0.469 e. The van der Waals surface area contributed by atoms with E-state index in [0.29, 0.717) is 5.75 Å². The first-order chi connectivity index (χ1) is 12.2. The van der Waals surface area contributed by atoms with Crippen LogP contribution in [0.2, 0.25) is 0 Å². The van der Waals surface area contributed by atoms with E-state index in [1.165, 1.54) is 42.7 Å². The molecule has 0 aliphatic rings. The van der Waals surface area contributed by atoms with E-state index in [0.717, 1.165) is 18.6 Å². The van der Waals surface area contributed by atoms with Gasteiger partial charge in [0.2, 0.25) is 0 Å². The van der Waals surface area contributed by atoms with Crippen LogP contribution in [0.4, 0.5) is 0 Å². The maximum Gasteiger partial charge on any atom is 0.313 e. The van der Waals surface area contributed by atoms with Gasteiger partial charge in [-0.1, -0.05) is 55.3 Å². The number of aryl methyl sites for hydroxylation is 1. The Hall–Kier alpha value is -1.81. The molecule has 0 aliphatic carbocycles. The molecule has 4 heteroatoms. The summed E-state index contributed by atoms with van der Waals surface area (Å²) in [6.07, 6.45) is 5.73. The van der Waals surface area contributed by atoms with Crippen LogP contribution in [0.3, 0.4) is 0 Å². The van der Waals surface area contributed by atoms with Gasteiger partial charge in [0.15, 0.2) is 5.78 Å². The number of hydrogen-bond donors (Lipinski definition) is 0. The number of benzene rings is 2. The van der Waals surface area contributed by atoms with E-state index in [9.17, 15) is 9.59 Å². The number of hydrogen-bond acceptors (Lipinski definition) is 4. The zero-order chi connectivity index (χ0) is 17.9. The van der Waals surface area contributed by atoms with Crippen molar-refractivity contribution in [3.05, 3.63) is 48.0 Å². The smallest absolute Gasteiger partial charge is 0.313 e. The molecule has 0 bridgehead atoms. The molecule has 2 aromatic rings. The van der Waals surface area contributed by atoms with E-state index < -0.39 is 5.97 Å². The lowest BCUT2D eigenvalue weighted by Gasteiger charge is -2.05. The Morgan fingerprint density at radius 2 is 1.72 bits per heavy atom. The summed E-state index contributed by atoms with van der Waals surface area (Å²) in [5, 5.41) is 2.61. The molecule has 2 aromatic carbocycles. The van der Waals surface area contributed by atoms with Crippen LogP contribution in [-0.2, 0) is 20.7 Å². The quantitative estimate of drug-likeness (QED) is 0.328. The summed E-state index contributed by atoms with van der Waals surface area (Å²) in [5.74, 6) is 0.891. The van der Waals surface area contributed by atoms with E-state index in [-0.39, 0.29) is 12.2 Å². The van der Waals surface area contributed by atoms with E-state index in [4.69, 9.17) is 0 Å². The van der Waals surface area contributed by atoms with Crippen LogP contribution in [0, 0.1) is 0 Å². The zero-order valence-corrected chi connectivity index (χ0v) is 15.6. The molecule has 134 valence electrons. The van der Waals surface area contributed by atoms with Crippen LogP contribution in [0.15, 0.2) is 42.5 Å². The Labute approximate surface area is 154 Å². The first-order valence-corrected chi connectivity index (χ1v) is 9.98. The van der Waals surface area contributed by atoms with Gasteiger partial charge in [0.1, 0.15) is 6.42 Å². The van der Waals surface area contributed by atoms with Gasteiger partial charge in [0.05, 0.1) is 12.9 Å². The number of carbonyl (C=O) groups excluding carboxylic acids is 2. The maximum absolute atomic E-state index is 11.5. The first kappa shape index (κ1) is 19.5. The van der Waals surface area contributed by atoms with Crippen LogP contribution in [0.5, 0.6) is 0 Å². The van der Waals surface area contributed by atoms with Crippen LogP contribution in [0.1, 0.15) is 37.7 Å². The number of esters is 1. The standard InChI is InChI=1S/C21H26O3S/c1-24-21(23)15-20(22)16-25-13-7-3-2-4-8-17-11-12-18-9-5-6-10-19(18)14-17/h5-6,9-12,14H,2-4,7-8,13,15-16H2,1H3. The second-order valence-electron chi connectivity index (χ2n) is 6.19. The molecule has 0 aliphatic heterocycles. The number of rotatable bonds is 11. The third kappa shape index (κ3) is 7.30. The number of unbranched alkanes of at least 4 members (excludes halogenated alkanes) is 3. The van der Waals surface area contributed by atoms with Crippen molar-refractivity contribution in [3.8, 4) is 0 Å². The molecule has 25 heavy (non-hydrogen) atoms. The molecule has 0 heterocycles. The first-order valence-electron chi connectivity index (χ1n) is 8.83. The molecule has 0 atom stereocenters. The van der Waals surface area contributed by atoms with Crippen molar-refractivity contribution in [2.24, 2.45) is 0 Å². The molecule has 0 saturated carbocycles. The summed E-state index contributed by atoms with van der Waals surface area (Å²) in [6.45, 7) is 0. The Morgan fingerprint density at radius 1 is 0.960 bits per heavy atom. The third-order valence-corrected chi connectivity index (χ3v) is 5.25. The fourth-order valence-electron chi connectivity index (χ4n) is 2.75. The average Bonchev–Trinajstić information content (AvgIpc) is 2.63. The summed E-state index contributed by atoms with van der Waals surface area (Å²) < 4.78 is 4.48. The molecule has 3 nitrogen and oxygen atoms in total. The van der Waals surface area contributed by atoms with Crippen LogP contribution in [-0.4, -0.2) is 30.4 Å². The van der Waals surface area contributed by atoms with Gasteiger partial charge in [-0.3, -0.25) is 9.59 Å². The van der Waals surface area contributed by atoms with Gasteiger partial charge in [0.25, 0.3) is 0 Å². The van der Waals surface area contributed by atoms with Crippen molar-refractivity contribution >= 4 is 34.3 Å². The summed E-state index contributed by atoms with van der Waals surface area (Å²) in [5.41, 5.74) is 1.40. The third-order valence-electron chi connectivity index (χ3n) is 4.15. The number of methoxy groups -OCH3 is 1. The lowest BCUT2D eigenvalue weighted by Crippen LogP contribution is -2.11. The molecule has 0 saturated heterocycles. The van der Waals surface area contributed by atoms with Crippen LogP contribution in [0.25, 0.3) is 10.8 Å². The highest BCUT2D eigenvalue weighted by Crippen LogP contribution is 2.17. The number of fused-ring (bicyclic) bond motifs is 1. The van der Waals surface area contributed by atoms with E-state index in [1.54, 1.807) is 11.8 Å². The molecule has 2 rings (SSSR count). The van der Waals surface area contributed by atoms with Crippen molar-refractivity contribution in [3.63, 3.8) is 0 Å². The number of carbonyl (C=O) groups is 2. The van der Waals surface area contributed by atoms with Gasteiger partial charge >= 0.3 is 5.97 Å². The van der Waals surface area contributed by atoms with Gasteiger partial charge < -0.3 is 4.74 Å². The highest BCUT2D eigenvalue weighted by Gasteiger charge is 2.08. The van der Waals surface area contributed by atoms with Gasteiger partial charge in [-0.15, -0.1) is 0 Å². The van der Waals surface area contributed by atoms with Gasteiger partial charge in [0, 0.05) is 0 Å². The van der Waals surface area contributed by atoms with Crippen molar-refractivity contribution in [2.75, 3.05) is 18.6 Å². The Balaban J connectivity index is 1.53. The Morgan fingerprint density at radius 3 is 2.52 bits per heavy atom. The number of ether oxygens (including phenoxy) is 1. The van der Waals surface area contributed by atoms with E-state index in [2.05, 4.69) is 47.2 Å². The summed E-state index contributed by atoms with van der Waals surface area (Å²) in [6, 6.07) is 15.2. The largest absolute Gasteiger partial charge is 0.469 e. The monoisotopic (exact) mass is 358 g/mol. The Kier molecular flexibility index (Phi) is 8.53. The highest BCUT2D eigenvalue weighted by molar-refractivity contribution is 7.99. The van der Waals surface area contributed by atoms with E-state index >= 15 is 0 Å². The average molecular weight is 359 g/mol. The molecule has 0 fully saturated rings. The predicted octanol–water partition coefficient (Wildman–Crippen LogP) is 4.81. The second kappa shape index (κ2) is 10.9. The number of ketones is 1. The Bertz CT molecular complexity index is 696. The lowest BCUT2D eigenvalue weighted by molar-refractivity contribution is -0.142. The zero-order valence-electron chi connectivity index (χ0n) is 14.8. The molecule has 0 radical (unpaired) electrons. The maximum atomic E-state index is 11.5. The fraction of sp³-hybridized carbons (Fsp3) is 0.429. The summed E-state index contributed by atoms with van der Waals surface area (Å²) >= 11 is 1.61. The number of thioether (sulfide) groups is 1. The van der Waals surface area contributed by atoms with Gasteiger partial charge in [-0.05, 0) is 41.4 Å². The number of Topliss-reactive ketones (excluding diaryl/α,β-unsaturated/α-hetero) is 1. The molecule has 0 aromatic heterocycles. The minimum atomic E-state index is -0.445. The van der Waals surface area contributed by atoms with Crippen LogP contribution >= 0.6 is 11.8 Å². The minimum absolute atomic E-state index is 0.0480.